The molecule has 4 aromatic rings. The van der Waals surface area contributed by atoms with E-state index in [1.807, 2.05) is 6.20 Å². The lowest BCUT2D eigenvalue weighted by Gasteiger charge is -2.19. The fourth-order valence-corrected chi connectivity index (χ4v) is 3.36. The van der Waals surface area contributed by atoms with Crippen LogP contribution in [0.5, 0.6) is 0 Å². The molecule has 0 aliphatic carbocycles. The number of rotatable bonds is 1. The third-order valence-corrected chi connectivity index (χ3v) is 4.73. The first-order chi connectivity index (χ1) is 11.5. The highest BCUT2D eigenvalue weighted by Gasteiger charge is 2.17. The summed E-state index contributed by atoms with van der Waals surface area (Å²) in [5, 5.41) is 5.15. The smallest absolute Gasteiger partial charge is 0.211 e. The Morgan fingerprint density at radius 3 is 2.38 bits per heavy atom. The molecule has 1 heterocycles. The minimum atomic E-state index is 0.146. The number of H-pyrrole nitrogens is 1. The quantitative estimate of drug-likeness (QED) is 0.396. The van der Waals surface area contributed by atoms with Crippen LogP contribution in [0, 0.1) is 0 Å². The first-order valence-electron chi connectivity index (χ1n) is 8.47. The van der Waals surface area contributed by atoms with Crippen molar-refractivity contribution in [2.24, 2.45) is 0 Å². The first-order valence-corrected chi connectivity index (χ1v) is 8.47. The van der Waals surface area contributed by atoms with Gasteiger partial charge >= 0.3 is 0 Å². The van der Waals surface area contributed by atoms with Crippen molar-refractivity contribution in [2.45, 2.75) is 26.2 Å². The molecular weight excluding hydrogens is 290 g/mol. The molecule has 0 fully saturated rings. The van der Waals surface area contributed by atoms with Gasteiger partial charge in [0.2, 0.25) is 5.69 Å². The van der Waals surface area contributed by atoms with Gasteiger partial charge in [0.05, 0.1) is 5.39 Å². The van der Waals surface area contributed by atoms with Crippen molar-refractivity contribution in [1.82, 2.24) is 0 Å². The number of hydrogen-bond acceptors (Lipinski definition) is 0. The van der Waals surface area contributed by atoms with Crippen molar-refractivity contribution in [3.63, 3.8) is 0 Å². The molecule has 118 valence electrons. The normalized spacial score (nSPS) is 12.0. The van der Waals surface area contributed by atoms with Crippen molar-refractivity contribution < 1.29 is 4.98 Å². The van der Waals surface area contributed by atoms with Gasteiger partial charge in [-0.1, -0.05) is 63.2 Å². The van der Waals surface area contributed by atoms with Crippen LogP contribution in [-0.4, -0.2) is 0 Å². The fraction of sp³-hybridized carbons (Fsp3) is 0.174. The lowest BCUT2D eigenvalue weighted by Crippen LogP contribution is -2.12. The Balaban J connectivity index is 2.00. The molecule has 0 aliphatic rings. The number of benzene rings is 3. The summed E-state index contributed by atoms with van der Waals surface area (Å²) in [6, 6.07) is 24.1. The van der Waals surface area contributed by atoms with E-state index in [9.17, 15) is 0 Å². The highest BCUT2D eigenvalue weighted by Crippen LogP contribution is 2.32. The van der Waals surface area contributed by atoms with E-state index >= 15 is 0 Å². The molecule has 1 heteroatoms. The molecular formula is C23H22N+. The lowest BCUT2D eigenvalue weighted by atomic mass is 9.85. The van der Waals surface area contributed by atoms with Gasteiger partial charge in [0.25, 0.3) is 0 Å². The molecule has 1 N–H and O–H groups in total. The minimum Gasteiger partial charge on any atom is -0.211 e. The summed E-state index contributed by atoms with van der Waals surface area (Å²) in [5.74, 6) is 0. The highest BCUT2D eigenvalue weighted by molar-refractivity contribution is 6.10. The Kier molecular flexibility index (Phi) is 3.38. The summed E-state index contributed by atoms with van der Waals surface area (Å²) in [4.78, 5) is 3.47. The predicted molar refractivity (Wildman–Crippen MR) is 102 cm³/mol. The Morgan fingerprint density at radius 2 is 1.54 bits per heavy atom. The van der Waals surface area contributed by atoms with Gasteiger partial charge in [0.1, 0.15) is 0 Å². The predicted octanol–water partition coefficient (Wildman–Crippen LogP) is 5.77. The molecule has 3 aromatic carbocycles. The van der Waals surface area contributed by atoms with E-state index in [4.69, 9.17) is 0 Å². The third kappa shape index (κ3) is 2.46. The second-order valence-electron chi connectivity index (χ2n) is 7.43. The maximum atomic E-state index is 3.47. The van der Waals surface area contributed by atoms with Crippen LogP contribution in [0.4, 0.5) is 0 Å². The van der Waals surface area contributed by atoms with Crippen LogP contribution < -0.4 is 4.98 Å². The number of aromatic nitrogens is 1. The highest BCUT2D eigenvalue weighted by atomic mass is 14.7. The largest absolute Gasteiger partial charge is 0.218 e. The zero-order valence-corrected chi connectivity index (χ0v) is 14.4. The molecule has 0 aliphatic heterocycles. The molecule has 0 amide bonds. The molecule has 0 unspecified atom stereocenters. The van der Waals surface area contributed by atoms with Crippen LogP contribution in [-0.2, 0) is 5.41 Å². The zero-order valence-electron chi connectivity index (χ0n) is 14.4. The van der Waals surface area contributed by atoms with Crippen LogP contribution in [0.2, 0.25) is 0 Å². The Hall–Kier alpha value is -2.67. The third-order valence-electron chi connectivity index (χ3n) is 4.73. The molecule has 1 aromatic heterocycles. The summed E-state index contributed by atoms with van der Waals surface area (Å²) in [6.45, 7) is 6.77. The van der Waals surface area contributed by atoms with Crippen LogP contribution in [0.15, 0.2) is 72.9 Å². The van der Waals surface area contributed by atoms with E-state index in [0.717, 1.165) is 0 Å². The van der Waals surface area contributed by atoms with E-state index in [0.29, 0.717) is 0 Å². The average Bonchev–Trinajstić information content (AvgIpc) is 2.60. The Bertz CT molecular complexity index is 1040. The van der Waals surface area contributed by atoms with Gasteiger partial charge in [-0.15, -0.1) is 0 Å². The van der Waals surface area contributed by atoms with Crippen molar-refractivity contribution in [1.29, 1.82) is 0 Å². The fourth-order valence-electron chi connectivity index (χ4n) is 3.36. The molecule has 0 spiro atoms. The SMILES string of the molecule is CC(C)(C)c1cccc(-c2[nH+]ccc3c2ccc2ccccc23)c1. The second-order valence-corrected chi connectivity index (χ2v) is 7.43. The van der Waals surface area contributed by atoms with E-state index in [2.05, 4.69) is 92.5 Å². The summed E-state index contributed by atoms with van der Waals surface area (Å²) in [6.07, 6.45) is 2.05. The monoisotopic (exact) mass is 312 g/mol. The van der Waals surface area contributed by atoms with Gasteiger partial charge in [0, 0.05) is 17.0 Å². The molecule has 0 atom stereocenters. The zero-order chi connectivity index (χ0) is 16.7. The van der Waals surface area contributed by atoms with Gasteiger partial charge in [-0.05, 0) is 39.9 Å². The van der Waals surface area contributed by atoms with Gasteiger partial charge < -0.3 is 0 Å². The molecule has 0 radical (unpaired) electrons. The molecule has 24 heavy (non-hydrogen) atoms. The standard InChI is InChI=1S/C23H21N/c1-23(2,3)18-9-6-8-17(15-18)22-21-12-11-16-7-4-5-10-19(16)20(21)13-14-24-22/h4-15H,1-3H3/p+1. The topological polar surface area (TPSA) is 14.1 Å². The number of nitrogens with one attached hydrogen (secondary N) is 1. The number of aromatic amines is 1. The van der Waals surface area contributed by atoms with Crippen LogP contribution in [0.25, 0.3) is 32.8 Å². The van der Waals surface area contributed by atoms with Crippen molar-refractivity contribution >= 4 is 21.5 Å². The van der Waals surface area contributed by atoms with Crippen LogP contribution in [0.3, 0.4) is 0 Å². The van der Waals surface area contributed by atoms with Gasteiger partial charge in [-0.2, -0.15) is 0 Å². The van der Waals surface area contributed by atoms with Crippen LogP contribution in [0.1, 0.15) is 26.3 Å². The molecule has 0 bridgehead atoms. The Morgan fingerprint density at radius 1 is 0.708 bits per heavy atom. The van der Waals surface area contributed by atoms with Gasteiger partial charge in [-0.3, -0.25) is 0 Å². The summed E-state index contributed by atoms with van der Waals surface area (Å²) < 4.78 is 0. The summed E-state index contributed by atoms with van der Waals surface area (Å²) in [5.41, 5.74) is 3.92. The Labute approximate surface area is 143 Å². The maximum Gasteiger partial charge on any atom is 0.218 e. The molecule has 4 rings (SSSR count). The van der Waals surface area contributed by atoms with Gasteiger partial charge in [-0.25, -0.2) is 4.98 Å². The van der Waals surface area contributed by atoms with Gasteiger partial charge in [0.15, 0.2) is 6.20 Å². The van der Waals surface area contributed by atoms with Crippen molar-refractivity contribution in [2.75, 3.05) is 0 Å². The number of hydrogen-bond donors (Lipinski definition) is 0. The number of fused-ring (bicyclic) bond motifs is 3. The second kappa shape index (κ2) is 5.45. The van der Waals surface area contributed by atoms with E-state index in [-0.39, 0.29) is 5.41 Å². The molecule has 0 saturated carbocycles. The molecule has 1 nitrogen and oxygen atoms in total. The summed E-state index contributed by atoms with van der Waals surface area (Å²) in [7, 11) is 0. The summed E-state index contributed by atoms with van der Waals surface area (Å²) >= 11 is 0. The lowest BCUT2D eigenvalue weighted by molar-refractivity contribution is -0.362. The average molecular weight is 312 g/mol. The van der Waals surface area contributed by atoms with E-state index in [1.54, 1.807) is 0 Å². The molecule has 0 saturated heterocycles. The van der Waals surface area contributed by atoms with E-state index < -0.39 is 0 Å². The van der Waals surface area contributed by atoms with Crippen molar-refractivity contribution in [3.8, 4) is 11.3 Å². The first kappa shape index (κ1) is 14.9. The van der Waals surface area contributed by atoms with E-state index in [1.165, 1.54) is 38.4 Å². The van der Waals surface area contributed by atoms with Crippen molar-refractivity contribution in [3.05, 3.63) is 78.5 Å². The minimum absolute atomic E-state index is 0.146. The number of pyridine rings is 1. The van der Waals surface area contributed by atoms with Crippen LogP contribution >= 0.6 is 0 Å². The maximum absolute atomic E-state index is 3.47.